The van der Waals surface area contributed by atoms with Gasteiger partial charge in [-0.05, 0) is 31.0 Å². The fraction of sp³-hybridized carbons (Fsp3) is 0.300. The van der Waals surface area contributed by atoms with Crippen LogP contribution in [0.15, 0.2) is 18.2 Å². The minimum absolute atomic E-state index is 0.0547. The molecule has 0 aromatic heterocycles. The van der Waals surface area contributed by atoms with Crippen LogP contribution in [0.4, 0.5) is 0 Å². The van der Waals surface area contributed by atoms with Gasteiger partial charge in [0.1, 0.15) is 0 Å². The fourth-order valence-corrected chi connectivity index (χ4v) is 1.13. The Kier molecular flexibility index (Phi) is 2.73. The molecular weight excluding hydrogens is 170 g/mol. The van der Waals surface area contributed by atoms with Gasteiger partial charge in [0.2, 0.25) is 0 Å². The van der Waals surface area contributed by atoms with E-state index in [-0.39, 0.29) is 5.92 Å². The molecule has 2 heteroatoms. The maximum atomic E-state index is 8.67. The smallest absolute Gasteiger partial charge is 0.0700 e. The summed E-state index contributed by atoms with van der Waals surface area (Å²) in [5.41, 5.74) is 2.05. The number of nitriles is 1. The molecule has 0 saturated heterocycles. The van der Waals surface area contributed by atoms with Crippen molar-refractivity contribution in [3.8, 4) is 6.07 Å². The molecule has 1 rings (SSSR count). The predicted molar refractivity (Wildman–Crippen MR) is 50.2 cm³/mol. The highest BCUT2D eigenvalue weighted by molar-refractivity contribution is 6.31. The minimum atomic E-state index is -0.0547. The summed E-state index contributed by atoms with van der Waals surface area (Å²) in [6.45, 7) is 3.82. The number of rotatable bonds is 1. The van der Waals surface area contributed by atoms with Crippen molar-refractivity contribution < 1.29 is 0 Å². The van der Waals surface area contributed by atoms with E-state index in [9.17, 15) is 0 Å². The van der Waals surface area contributed by atoms with Gasteiger partial charge in [0.15, 0.2) is 0 Å². The Hall–Kier alpha value is -1.000. The first-order valence-corrected chi connectivity index (χ1v) is 4.18. The van der Waals surface area contributed by atoms with Crippen LogP contribution in [0.25, 0.3) is 0 Å². The third kappa shape index (κ3) is 1.78. The lowest BCUT2D eigenvalue weighted by molar-refractivity contribution is 0.979. The number of hydrogen-bond donors (Lipinski definition) is 0. The van der Waals surface area contributed by atoms with Crippen LogP contribution < -0.4 is 0 Å². The molecule has 0 radical (unpaired) electrons. The van der Waals surface area contributed by atoms with Gasteiger partial charge in [-0.2, -0.15) is 5.26 Å². The van der Waals surface area contributed by atoms with Crippen molar-refractivity contribution in [1.29, 1.82) is 5.26 Å². The van der Waals surface area contributed by atoms with Gasteiger partial charge in [0.25, 0.3) is 0 Å². The van der Waals surface area contributed by atoms with Crippen LogP contribution in [-0.4, -0.2) is 0 Å². The van der Waals surface area contributed by atoms with Crippen LogP contribution in [0, 0.1) is 18.3 Å². The molecule has 0 aliphatic carbocycles. The molecule has 1 aromatic carbocycles. The summed E-state index contributed by atoms with van der Waals surface area (Å²) in [6.07, 6.45) is 0. The maximum absolute atomic E-state index is 8.67. The van der Waals surface area contributed by atoms with Crippen molar-refractivity contribution in [1.82, 2.24) is 0 Å². The summed E-state index contributed by atoms with van der Waals surface area (Å²) < 4.78 is 0. The molecule has 0 fully saturated rings. The van der Waals surface area contributed by atoms with Gasteiger partial charge in [-0.15, -0.1) is 0 Å². The summed E-state index contributed by atoms with van der Waals surface area (Å²) in [5, 5.41) is 9.42. The van der Waals surface area contributed by atoms with Gasteiger partial charge in [-0.25, -0.2) is 0 Å². The lowest BCUT2D eigenvalue weighted by atomic mass is 10.0. The molecule has 62 valence electrons. The Labute approximate surface area is 77.6 Å². The Morgan fingerprint density at radius 3 is 2.67 bits per heavy atom. The Morgan fingerprint density at radius 2 is 2.17 bits per heavy atom. The van der Waals surface area contributed by atoms with Crippen LogP contribution in [0.2, 0.25) is 5.02 Å². The Balaban J connectivity index is 3.06. The number of aryl methyl sites for hydroxylation is 1. The highest BCUT2D eigenvalue weighted by Gasteiger charge is 2.04. The average molecular weight is 180 g/mol. The van der Waals surface area contributed by atoms with Crippen LogP contribution in [0.1, 0.15) is 24.0 Å². The topological polar surface area (TPSA) is 23.8 Å². The van der Waals surface area contributed by atoms with Crippen molar-refractivity contribution in [2.24, 2.45) is 0 Å². The van der Waals surface area contributed by atoms with Crippen LogP contribution in [0.3, 0.4) is 0 Å². The van der Waals surface area contributed by atoms with Crippen molar-refractivity contribution >= 4 is 11.6 Å². The first-order valence-electron chi connectivity index (χ1n) is 3.81. The van der Waals surface area contributed by atoms with Gasteiger partial charge in [0.05, 0.1) is 12.0 Å². The molecule has 1 nitrogen and oxygen atoms in total. The van der Waals surface area contributed by atoms with Gasteiger partial charge >= 0.3 is 0 Å². The van der Waals surface area contributed by atoms with E-state index in [2.05, 4.69) is 6.07 Å². The summed E-state index contributed by atoms with van der Waals surface area (Å²) >= 11 is 5.85. The summed E-state index contributed by atoms with van der Waals surface area (Å²) in [6, 6.07) is 7.86. The highest BCUT2D eigenvalue weighted by atomic mass is 35.5. The zero-order valence-corrected chi connectivity index (χ0v) is 7.89. The number of nitrogens with zero attached hydrogens (tertiary/aromatic N) is 1. The van der Waals surface area contributed by atoms with E-state index in [0.717, 1.165) is 16.1 Å². The van der Waals surface area contributed by atoms with Gasteiger partial charge in [0, 0.05) is 5.02 Å². The van der Waals surface area contributed by atoms with Crippen molar-refractivity contribution in [2.75, 3.05) is 0 Å². The molecule has 0 spiro atoms. The molecule has 0 saturated carbocycles. The van der Waals surface area contributed by atoms with Crippen molar-refractivity contribution in [3.05, 3.63) is 34.3 Å². The molecular formula is C10H10ClN. The van der Waals surface area contributed by atoms with Crippen LogP contribution in [-0.2, 0) is 0 Å². The molecule has 0 aliphatic heterocycles. The van der Waals surface area contributed by atoms with E-state index >= 15 is 0 Å². The lowest BCUT2D eigenvalue weighted by Crippen LogP contribution is -1.89. The van der Waals surface area contributed by atoms with Crippen LogP contribution in [0.5, 0.6) is 0 Å². The number of hydrogen-bond acceptors (Lipinski definition) is 1. The quantitative estimate of drug-likeness (QED) is 0.649. The average Bonchev–Trinajstić information content (AvgIpc) is 2.08. The molecule has 0 bridgehead atoms. The Bertz CT molecular complexity index is 325. The Morgan fingerprint density at radius 1 is 1.50 bits per heavy atom. The largest absolute Gasteiger partial charge is 0.198 e. The molecule has 1 aromatic rings. The first-order chi connectivity index (χ1) is 5.65. The van der Waals surface area contributed by atoms with E-state index < -0.39 is 0 Å². The second kappa shape index (κ2) is 3.60. The number of benzene rings is 1. The minimum Gasteiger partial charge on any atom is -0.198 e. The van der Waals surface area contributed by atoms with Gasteiger partial charge in [-0.3, -0.25) is 0 Å². The second-order valence-electron chi connectivity index (χ2n) is 2.86. The van der Waals surface area contributed by atoms with E-state index in [1.54, 1.807) is 0 Å². The molecule has 1 unspecified atom stereocenters. The first kappa shape index (κ1) is 9.09. The molecule has 0 amide bonds. The van der Waals surface area contributed by atoms with Crippen LogP contribution >= 0.6 is 11.6 Å². The summed E-state index contributed by atoms with van der Waals surface area (Å²) in [5.74, 6) is -0.0547. The third-order valence-corrected chi connectivity index (χ3v) is 2.30. The predicted octanol–water partition coefficient (Wildman–Crippen LogP) is 3.28. The summed E-state index contributed by atoms with van der Waals surface area (Å²) in [4.78, 5) is 0. The molecule has 1 atom stereocenters. The van der Waals surface area contributed by atoms with E-state index in [1.165, 1.54) is 0 Å². The van der Waals surface area contributed by atoms with E-state index in [0.29, 0.717) is 0 Å². The van der Waals surface area contributed by atoms with Crippen molar-refractivity contribution in [3.63, 3.8) is 0 Å². The van der Waals surface area contributed by atoms with E-state index in [4.69, 9.17) is 16.9 Å². The monoisotopic (exact) mass is 179 g/mol. The normalized spacial score (nSPS) is 12.2. The zero-order valence-electron chi connectivity index (χ0n) is 7.13. The zero-order chi connectivity index (χ0) is 9.14. The lowest BCUT2D eigenvalue weighted by Gasteiger charge is -2.04. The standard InChI is InChI=1S/C10H10ClN/c1-7-5-9(8(2)6-12)3-4-10(7)11/h3-5,8H,1-2H3. The fourth-order valence-electron chi connectivity index (χ4n) is 1.01. The molecule has 12 heavy (non-hydrogen) atoms. The highest BCUT2D eigenvalue weighted by Crippen LogP contribution is 2.21. The summed E-state index contributed by atoms with van der Waals surface area (Å²) in [7, 11) is 0. The number of halogens is 1. The van der Waals surface area contributed by atoms with E-state index in [1.807, 2.05) is 32.0 Å². The molecule has 0 N–H and O–H groups in total. The van der Waals surface area contributed by atoms with Gasteiger partial charge in [-0.1, -0.05) is 23.7 Å². The molecule has 0 aliphatic rings. The SMILES string of the molecule is Cc1cc(C(C)C#N)ccc1Cl. The van der Waals surface area contributed by atoms with Crippen molar-refractivity contribution in [2.45, 2.75) is 19.8 Å². The molecule has 0 heterocycles. The maximum Gasteiger partial charge on any atom is 0.0700 e. The third-order valence-electron chi connectivity index (χ3n) is 1.88. The van der Waals surface area contributed by atoms with Gasteiger partial charge < -0.3 is 0 Å². The second-order valence-corrected chi connectivity index (χ2v) is 3.27.